The normalized spacial score (nSPS) is 13.6. The third-order valence-corrected chi connectivity index (χ3v) is 5.80. The van der Waals surface area contributed by atoms with Gasteiger partial charge in [0.05, 0.1) is 23.3 Å². The van der Waals surface area contributed by atoms with Crippen LogP contribution in [0.25, 0.3) is 11.0 Å². The number of hydrogen-bond donors (Lipinski definition) is 2. The Bertz CT molecular complexity index is 1410. The molecule has 1 amide bonds. The van der Waals surface area contributed by atoms with Gasteiger partial charge in [-0.2, -0.15) is 18.2 Å². The zero-order chi connectivity index (χ0) is 24.7. The summed E-state index contributed by atoms with van der Waals surface area (Å²) in [5, 5.41) is 5.97. The van der Waals surface area contributed by atoms with Gasteiger partial charge in [-0.1, -0.05) is 36.4 Å². The summed E-state index contributed by atoms with van der Waals surface area (Å²) in [5.74, 6) is 0.0417. The van der Waals surface area contributed by atoms with Crippen molar-refractivity contribution >= 4 is 34.4 Å². The van der Waals surface area contributed by atoms with Crippen molar-refractivity contribution in [3.8, 4) is 0 Å². The number of para-hydroxylation sites is 2. The van der Waals surface area contributed by atoms with Gasteiger partial charge in [-0.15, -0.1) is 0 Å². The molecule has 2 aromatic carbocycles. The lowest BCUT2D eigenvalue weighted by Gasteiger charge is -2.27. The Morgan fingerprint density at radius 3 is 2.49 bits per heavy atom. The lowest BCUT2D eigenvalue weighted by Crippen LogP contribution is -2.36. The molecule has 8 nitrogen and oxygen atoms in total. The summed E-state index contributed by atoms with van der Waals surface area (Å²) in [4.78, 5) is 26.2. The van der Waals surface area contributed by atoms with Crippen molar-refractivity contribution in [1.82, 2.24) is 19.5 Å². The van der Waals surface area contributed by atoms with Gasteiger partial charge in [0.2, 0.25) is 17.7 Å². The minimum absolute atomic E-state index is 0.0498. The van der Waals surface area contributed by atoms with Gasteiger partial charge in [0, 0.05) is 20.1 Å². The highest BCUT2D eigenvalue weighted by Gasteiger charge is 2.37. The lowest BCUT2D eigenvalue weighted by molar-refractivity contribution is -0.146. The number of amides is 1. The summed E-state index contributed by atoms with van der Waals surface area (Å²) in [6, 6.07) is 13.9. The molecule has 0 aliphatic carbocycles. The van der Waals surface area contributed by atoms with E-state index in [1.54, 1.807) is 55.3 Å². The number of alkyl halides is 3. The van der Waals surface area contributed by atoms with Crippen LogP contribution in [0.2, 0.25) is 0 Å². The number of nitrogens with one attached hydrogen (secondary N) is 2. The fourth-order valence-corrected chi connectivity index (χ4v) is 4.11. The first-order valence-electron chi connectivity index (χ1n) is 10.9. The molecule has 0 fully saturated rings. The van der Waals surface area contributed by atoms with Crippen molar-refractivity contribution < 1.29 is 18.0 Å². The highest BCUT2D eigenvalue weighted by Crippen LogP contribution is 2.32. The van der Waals surface area contributed by atoms with Crippen molar-refractivity contribution in [1.29, 1.82) is 0 Å². The first kappa shape index (κ1) is 22.6. The molecule has 1 aliphatic rings. The van der Waals surface area contributed by atoms with Gasteiger partial charge in [-0.3, -0.25) is 4.79 Å². The minimum Gasteiger partial charge on any atom is -0.350 e. The van der Waals surface area contributed by atoms with E-state index in [2.05, 4.69) is 25.6 Å². The van der Waals surface area contributed by atoms with Crippen LogP contribution in [0.4, 0.5) is 30.6 Å². The van der Waals surface area contributed by atoms with E-state index in [-0.39, 0.29) is 19.0 Å². The number of hydrogen-bond acceptors (Lipinski definition) is 6. The molecule has 0 radical (unpaired) electrons. The first-order chi connectivity index (χ1) is 16.7. The Kier molecular flexibility index (Phi) is 5.54. The number of aromatic nitrogens is 4. The van der Waals surface area contributed by atoms with Crippen molar-refractivity contribution in [3.05, 3.63) is 71.2 Å². The minimum atomic E-state index is -4.55. The summed E-state index contributed by atoms with van der Waals surface area (Å²) in [6.45, 7) is 2.49. The Hall–Kier alpha value is -4.15. The largest absolute Gasteiger partial charge is 0.449 e. The molecule has 35 heavy (non-hydrogen) atoms. The standard InChI is InChI=1S/C24H22F3N7O/c1-14-20-21(33(2)13-19(35)31-20)32-23(29-14)28-11-15-7-9-16(10-8-15)12-34-18-6-4-3-5-17(18)30-22(34)24(25,26)27/h3-10H,11-13H2,1-2H3,(H,31,35)(H,28,29,32). The second kappa shape index (κ2) is 8.57. The van der Waals surface area contributed by atoms with Crippen LogP contribution in [0.3, 0.4) is 0 Å². The van der Waals surface area contributed by atoms with E-state index in [0.717, 1.165) is 11.1 Å². The average Bonchev–Trinajstić information content (AvgIpc) is 3.18. The molecular formula is C24H22F3N7O. The number of likely N-dealkylation sites (N-methyl/N-ethyl adjacent to an activating group) is 1. The summed E-state index contributed by atoms with van der Waals surface area (Å²) in [7, 11) is 1.79. The summed E-state index contributed by atoms with van der Waals surface area (Å²) in [6.07, 6.45) is -4.55. The molecule has 4 aromatic rings. The second-order valence-corrected chi connectivity index (χ2v) is 8.41. The van der Waals surface area contributed by atoms with E-state index in [1.165, 1.54) is 4.57 Å². The van der Waals surface area contributed by atoms with Crippen LogP contribution < -0.4 is 15.5 Å². The molecule has 1 aliphatic heterocycles. The Morgan fingerprint density at radius 1 is 1.03 bits per heavy atom. The summed E-state index contributed by atoms with van der Waals surface area (Å²) < 4.78 is 41.9. The number of anilines is 3. The highest BCUT2D eigenvalue weighted by molar-refractivity contribution is 6.00. The molecule has 0 bridgehead atoms. The molecule has 2 aromatic heterocycles. The van der Waals surface area contributed by atoms with E-state index in [4.69, 9.17) is 0 Å². The number of aryl methyl sites for hydroxylation is 1. The number of halogens is 3. The third kappa shape index (κ3) is 4.48. The molecule has 0 atom stereocenters. The van der Waals surface area contributed by atoms with Gasteiger partial charge in [-0.25, -0.2) is 9.97 Å². The fraction of sp³-hybridized carbons (Fsp3) is 0.250. The zero-order valence-electron chi connectivity index (χ0n) is 19.0. The predicted molar refractivity (Wildman–Crippen MR) is 126 cm³/mol. The van der Waals surface area contributed by atoms with Crippen LogP contribution in [-0.2, 0) is 24.1 Å². The Labute approximate surface area is 198 Å². The van der Waals surface area contributed by atoms with Crippen LogP contribution in [0.15, 0.2) is 48.5 Å². The lowest BCUT2D eigenvalue weighted by atomic mass is 10.1. The smallest absolute Gasteiger partial charge is 0.350 e. The van der Waals surface area contributed by atoms with E-state index in [9.17, 15) is 18.0 Å². The van der Waals surface area contributed by atoms with E-state index >= 15 is 0 Å². The number of carbonyl (C=O) groups excluding carboxylic acids is 1. The Balaban J connectivity index is 1.32. The molecule has 0 spiro atoms. The first-order valence-corrected chi connectivity index (χ1v) is 10.9. The maximum absolute atomic E-state index is 13.6. The number of benzene rings is 2. The second-order valence-electron chi connectivity index (χ2n) is 8.41. The topological polar surface area (TPSA) is 88.0 Å². The third-order valence-electron chi connectivity index (χ3n) is 5.80. The fourth-order valence-electron chi connectivity index (χ4n) is 4.11. The van der Waals surface area contributed by atoms with Gasteiger partial charge in [-0.05, 0) is 30.2 Å². The molecule has 180 valence electrons. The molecule has 0 unspecified atom stereocenters. The Morgan fingerprint density at radius 2 is 1.74 bits per heavy atom. The number of imidazole rings is 1. The van der Waals surface area contributed by atoms with E-state index in [0.29, 0.717) is 40.7 Å². The number of rotatable bonds is 5. The van der Waals surface area contributed by atoms with Crippen LogP contribution in [-0.4, -0.2) is 39.0 Å². The molecule has 2 N–H and O–H groups in total. The molecule has 11 heteroatoms. The number of carbonyl (C=O) groups is 1. The maximum Gasteiger partial charge on any atom is 0.449 e. The van der Waals surface area contributed by atoms with Crippen molar-refractivity contribution in [3.63, 3.8) is 0 Å². The van der Waals surface area contributed by atoms with Gasteiger partial charge < -0.3 is 20.1 Å². The van der Waals surface area contributed by atoms with Crippen molar-refractivity contribution in [2.45, 2.75) is 26.2 Å². The van der Waals surface area contributed by atoms with Gasteiger partial charge in [0.1, 0.15) is 5.69 Å². The van der Waals surface area contributed by atoms with E-state index in [1.807, 2.05) is 12.1 Å². The van der Waals surface area contributed by atoms with Crippen molar-refractivity contribution in [2.24, 2.45) is 0 Å². The maximum atomic E-state index is 13.6. The van der Waals surface area contributed by atoms with Crippen LogP contribution in [0.5, 0.6) is 0 Å². The zero-order valence-corrected chi connectivity index (χ0v) is 19.0. The predicted octanol–water partition coefficient (Wildman–Crippen LogP) is 4.20. The van der Waals surface area contributed by atoms with Crippen LogP contribution in [0, 0.1) is 6.92 Å². The molecule has 0 saturated heterocycles. The highest BCUT2D eigenvalue weighted by atomic mass is 19.4. The average molecular weight is 481 g/mol. The molecule has 0 saturated carbocycles. The molecule has 5 rings (SSSR count). The molecule has 3 heterocycles. The number of fused-ring (bicyclic) bond motifs is 2. The van der Waals surface area contributed by atoms with Gasteiger partial charge in [0.15, 0.2) is 5.82 Å². The van der Waals surface area contributed by atoms with Crippen molar-refractivity contribution in [2.75, 3.05) is 29.1 Å². The summed E-state index contributed by atoms with van der Waals surface area (Å²) >= 11 is 0. The quantitative estimate of drug-likeness (QED) is 0.444. The SMILES string of the molecule is Cc1nc(NCc2ccc(Cn3c(C(F)(F)F)nc4ccccc43)cc2)nc2c1NC(=O)CN2C. The van der Waals surface area contributed by atoms with E-state index < -0.39 is 12.0 Å². The van der Waals surface area contributed by atoms with Gasteiger partial charge in [0.25, 0.3) is 0 Å². The summed E-state index contributed by atoms with van der Waals surface area (Å²) in [5.41, 5.74) is 3.64. The van der Waals surface area contributed by atoms with Crippen LogP contribution in [0.1, 0.15) is 22.6 Å². The number of nitrogens with zero attached hydrogens (tertiary/aromatic N) is 5. The monoisotopic (exact) mass is 481 g/mol. The van der Waals surface area contributed by atoms with Crippen LogP contribution >= 0.6 is 0 Å². The van der Waals surface area contributed by atoms with Gasteiger partial charge >= 0.3 is 6.18 Å². The molecular weight excluding hydrogens is 459 g/mol.